The molecule has 2 amide bonds. The molecule has 0 bridgehead atoms. The van der Waals surface area contributed by atoms with Gasteiger partial charge >= 0.3 is 24.3 Å². The predicted octanol–water partition coefficient (Wildman–Crippen LogP) is 2.95. The summed E-state index contributed by atoms with van der Waals surface area (Å²) in [4.78, 5) is 51.0. The number of ether oxygens (including phenoxy) is 5. The Balaban J connectivity index is 2.74. The fourth-order valence-electron chi connectivity index (χ4n) is 2.01. The molecule has 170 valence electrons. The van der Waals surface area contributed by atoms with Crippen molar-refractivity contribution in [3.8, 4) is 0 Å². The number of esters is 1. The molecule has 0 radical (unpaired) electrons. The van der Waals surface area contributed by atoms with E-state index in [4.69, 9.17) is 23.7 Å². The molecule has 0 spiro atoms. The van der Waals surface area contributed by atoms with Gasteiger partial charge in [-0.1, -0.05) is 0 Å². The van der Waals surface area contributed by atoms with Crippen LogP contribution in [-0.2, 0) is 28.5 Å². The average Bonchev–Trinajstić information content (AvgIpc) is 2.53. The van der Waals surface area contributed by atoms with Gasteiger partial charge in [0.05, 0.1) is 6.61 Å². The van der Waals surface area contributed by atoms with Crippen LogP contribution >= 0.6 is 0 Å². The van der Waals surface area contributed by atoms with Crippen molar-refractivity contribution in [1.82, 2.24) is 5.32 Å². The van der Waals surface area contributed by atoms with Crippen LogP contribution in [0.1, 0.15) is 54.9 Å². The van der Waals surface area contributed by atoms with Gasteiger partial charge in [0.15, 0.2) is 0 Å². The van der Waals surface area contributed by atoms with Gasteiger partial charge in [0.25, 0.3) is 0 Å². The molecule has 0 saturated carbocycles. The largest absolute Gasteiger partial charge is 0.508 e. The highest BCUT2D eigenvalue weighted by Crippen LogP contribution is 2.24. The van der Waals surface area contributed by atoms with Gasteiger partial charge in [-0.2, -0.15) is 4.99 Å². The first kappa shape index (κ1) is 25.2. The molecule has 1 aliphatic heterocycles. The van der Waals surface area contributed by atoms with Gasteiger partial charge in [0, 0.05) is 6.42 Å². The second-order valence-corrected chi connectivity index (χ2v) is 8.94. The average molecular weight is 430 g/mol. The van der Waals surface area contributed by atoms with E-state index in [1.165, 1.54) is 6.92 Å². The number of amidine groups is 1. The minimum atomic E-state index is -1.16. The van der Waals surface area contributed by atoms with E-state index in [0.717, 1.165) is 0 Å². The number of nitrogens with zero attached hydrogens (tertiary/aromatic N) is 1. The van der Waals surface area contributed by atoms with Gasteiger partial charge in [-0.15, -0.1) is 0 Å². The van der Waals surface area contributed by atoms with Crippen LogP contribution < -0.4 is 5.32 Å². The van der Waals surface area contributed by atoms with Crippen LogP contribution in [0, 0.1) is 5.41 Å². The Morgan fingerprint density at radius 1 is 1.03 bits per heavy atom. The number of cyclic esters (lactones) is 2. The van der Waals surface area contributed by atoms with Gasteiger partial charge in [-0.05, 0) is 48.5 Å². The zero-order valence-electron chi connectivity index (χ0n) is 18.4. The van der Waals surface area contributed by atoms with Crippen LogP contribution in [0.25, 0.3) is 0 Å². The number of hydrogen-bond donors (Lipinski definition) is 1. The number of rotatable bonds is 4. The molecule has 1 saturated heterocycles. The van der Waals surface area contributed by atoms with Gasteiger partial charge in [0.2, 0.25) is 0 Å². The second kappa shape index (κ2) is 9.77. The molecule has 1 aliphatic rings. The highest BCUT2D eigenvalue weighted by molar-refractivity contribution is 6.00. The molecule has 0 atom stereocenters. The molecule has 1 rings (SSSR count). The first-order valence-electron chi connectivity index (χ1n) is 9.37. The highest BCUT2D eigenvalue weighted by Gasteiger charge is 2.41. The molecule has 30 heavy (non-hydrogen) atoms. The molecule has 0 unspecified atom stereocenters. The molecule has 0 aromatic rings. The quantitative estimate of drug-likeness (QED) is 0.308. The van der Waals surface area contributed by atoms with E-state index < -0.39 is 40.9 Å². The van der Waals surface area contributed by atoms with Crippen LogP contribution in [0.4, 0.5) is 14.4 Å². The van der Waals surface area contributed by atoms with Crippen LogP contribution in [0.5, 0.6) is 0 Å². The molecule has 0 aromatic carbocycles. The van der Waals surface area contributed by atoms with Crippen LogP contribution in [0.3, 0.4) is 0 Å². The molecular formula is C19H30N2O9. The molecule has 1 heterocycles. The summed E-state index contributed by atoms with van der Waals surface area (Å²) in [5, 5.41) is 2.36. The first-order valence-corrected chi connectivity index (χ1v) is 9.37. The molecule has 1 fully saturated rings. The summed E-state index contributed by atoms with van der Waals surface area (Å²) in [6.45, 7) is 11.0. The summed E-state index contributed by atoms with van der Waals surface area (Å²) in [5.74, 6) is -0.758. The summed E-state index contributed by atoms with van der Waals surface area (Å²) < 4.78 is 24.9. The summed E-state index contributed by atoms with van der Waals surface area (Å²) in [6.07, 6.45) is -2.69. The van der Waals surface area contributed by atoms with Crippen molar-refractivity contribution in [3.63, 3.8) is 0 Å². The fourth-order valence-corrected chi connectivity index (χ4v) is 2.01. The SMILES string of the molecule is CC(C)(C)OC(=O)N=C(CCOC(=O)C1(C)COC(=O)OC1)NC(=O)OC(C)(C)C. The van der Waals surface area contributed by atoms with E-state index in [-0.39, 0.29) is 32.1 Å². The number of carbonyl (C=O) groups is 4. The first-order chi connectivity index (χ1) is 13.6. The Kier molecular flexibility index (Phi) is 8.20. The number of aliphatic imine (C=N–C) groups is 1. The summed E-state index contributed by atoms with van der Waals surface area (Å²) in [5.41, 5.74) is -2.70. The standard InChI is InChI=1S/C19H30N2O9/c1-17(2,3)29-14(23)20-12(21-15(24)30-18(4,5)6)8-9-26-13(22)19(7)10-27-16(25)28-11-19/h8-11H2,1-7H3,(H,20,21,23,24). The van der Waals surface area contributed by atoms with E-state index in [9.17, 15) is 19.2 Å². The van der Waals surface area contributed by atoms with Crippen molar-refractivity contribution in [2.45, 2.75) is 66.1 Å². The van der Waals surface area contributed by atoms with Gasteiger partial charge in [-0.3, -0.25) is 10.1 Å². The monoisotopic (exact) mass is 430 g/mol. The van der Waals surface area contributed by atoms with Crippen molar-refractivity contribution in [2.75, 3.05) is 19.8 Å². The Bertz CT molecular complexity index is 692. The molecule has 1 N–H and O–H groups in total. The summed E-state index contributed by atoms with van der Waals surface area (Å²) in [6, 6.07) is 0. The molecular weight excluding hydrogens is 400 g/mol. The van der Waals surface area contributed by atoms with Crippen molar-refractivity contribution in [1.29, 1.82) is 0 Å². The number of amides is 2. The minimum Gasteiger partial charge on any atom is -0.465 e. The van der Waals surface area contributed by atoms with Crippen LogP contribution in [0.2, 0.25) is 0 Å². The smallest absolute Gasteiger partial charge is 0.465 e. The van der Waals surface area contributed by atoms with Crippen molar-refractivity contribution < 1.29 is 42.9 Å². The zero-order valence-corrected chi connectivity index (χ0v) is 18.4. The molecule has 0 aromatic heterocycles. The van der Waals surface area contributed by atoms with E-state index in [2.05, 4.69) is 10.3 Å². The lowest BCUT2D eigenvalue weighted by molar-refractivity contribution is -0.165. The van der Waals surface area contributed by atoms with Gasteiger partial charge in [0.1, 0.15) is 35.7 Å². The number of nitrogens with one attached hydrogen (secondary N) is 1. The third kappa shape index (κ3) is 9.57. The Hall–Kier alpha value is -2.85. The summed E-state index contributed by atoms with van der Waals surface area (Å²) >= 11 is 0. The Morgan fingerprint density at radius 2 is 1.57 bits per heavy atom. The Morgan fingerprint density at radius 3 is 2.07 bits per heavy atom. The van der Waals surface area contributed by atoms with Crippen molar-refractivity contribution >= 4 is 30.1 Å². The lowest BCUT2D eigenvalue weighted by Gasteiger charge is -2.29. The van der Waals surface area contributed by atoms with Crippen LogP contribution in [0.15, 0.2) is 4.99 Å². The lowest BCUT2D eigenvalue weighted by atomic mass is 9.93. The maximum atomic E-state index is 12.3. The Labute approximate surface area is 175 Å². The van der Waals surface area contributed by atoms with E-state index >= 15 is 0 Å². The third-order valence-corrected chi connectivity index (χ3v) is 3.35. The minimum absolute atomic E-state index is 0.0947. The maximum absolute atomic E-state index is 12.3. The van der Waals surface area contributed by atoms with E-state index in [1.54, 1.807) is 41.5 Å². The fraction of sp³-hybridized carbons (Fsp3) is 0.737. The van der Waals surface area contributed by atoms with Gasteiger partial charge < -0.3 is 23.7 Å². The van der Waals surface area contributed by atoms with Crippen molar-refractivity contribution in [2.24, 2.45) is 10.4 Å². The number of carbonyl (C=O) groups excluding carboxylic acids is 4. The van der Waals surface area contributed by atoms with Crippen LogP contribution in [-0.4, -0.2) is 61.2 Å². The predicted molar refractivity (Wildman–Crippen MR) is 104 cm³/mol. The summed E-state index contributed by atoms with van der Waals surface area (Å²) in [7, 11) is 0. The lowest BCUT2D eigenvalue weighted by Crippen LogP contribution is -2.44. The van der Waals surface area contributed by atoms with Gasteiger partial charge in [-0.25, -0.2) is 14.4 Å². The van der Waals surface area contributed by atoms with Crippen molar-refractivity contribution in [3.05, 3.63) is 0 Å². The molecule has 11 nitrogen and oxygen atoms in total. The highest BCUT2D eigenvalue weighted by atomic mass is 16.7. The maximum Gasteiger partial charge on any atom is 0.508 e. The topological polar surface area (TPSA) is 139 Å². The number of hydrogen-bond acceptors (Lipinski definition) is 9. The van der Waals surface area contributed by atoms with E-state index in [1.807, 2.05) is 0 Å². The zero-order chi connectivity index (χ0) is 23.2. The third-order valence-electron chi connectivity index (χ3n) is 3.35. The van der Waals surface area contributed by atoms with E-state index in [0.29, 0.717) is 0 Å². The number of alkyl carbamates (subject to hydrolysis) is 1. The normalized spacial score (nSPS) is 16.6. The molecule has 0 aliphatic carbocycles. The second-order valence-electron chi connectivity index (χ2n) is 8.94. The molecule has 11 heteroatoms.